The van der Waals surface area contributed by atoms with Crippen LogP contribution in [-0.2, 0) is 18.4 Å². The van der Waals surface area contributed by atoms with Gasteiger partial charge in [0.1, 0.15) is 13.2 Å². The average Bonchev–Trinajstić information content (AvgIpc) is 3.16. The summed E-state index contributed by atoms with van der Waals surface area (Å²) in [5, 5.41) is 13.6. The molecule has 0 aromatic heterocycles. The molecule has 0 heterocycles. The lowest BCUT2D eigenvalue weighted by molar-refractivity contribution is -0.870. The highest BCUT2D eigenvalue weighted by atomic mass is 31.2. The maximum Gasteiger partial charge on any atom is 0.268 e. The number of allylic oxidation sites excluding steroid dienone is 6. The fourth-order valence-corrected chi connectivity index (χ4v) is 7.53. The summed E-state index contributed by atoms with van der Waals surface area (Å²) in [6.45, 7) is 4.58. The van der Waals surface area contributed by atoms with E-state index in [1.807, 2.05) is 21.1 Å². The zero-order valence-electron chi connectivity index (χ0n) is 38.0. The summed E-state index contributed by atoms with van der Waals surface area (Å²) < 4.78 is 23.0. The highest BCUT2D eigenvalue weighted by Gasteiger charge is 2.24. The molecule has 8 nitrogen and oxygen atoms in total. The van der Waals surface area contributed by atoms with Crippen molar-refractivity contribution in [3.05, 3.63) is 36.5 Å². The van der Waals surface area contributed by atoms with Crippen LogP contribution in [0.25, 0.3) is 0 Å². The van der Waals surface area contributed by atoms with Crippen molar-refractivity contribution >= 4 is 13.7 Å². The Kier molecular flexibility index (Phi) is 39.2. The number of aliphatic hydroxyl groups excluding tert-OH is 1. The number of phosphoric acid groups is 1. The Balaban J connectivity index is 3.81. The van der Waals surface area contributed by atoms with Gasteiger partial charge in [-0.25, -0.2) is 0 Å². The van der Waals surface area contributed by atoms with E-state index in [1.54, 1.807) is 0 Å². The van der Waals surface area contributed by atoms with Crippen molar-refractivity contribution in [2.75, 3.05) is 40.9 Å². The smallest absolute Gasteiger partial charge is 0.268 e. The van der Waals surface area contributed by atoms with E-state index in [1.165, 1.54) is 128 Å². The molecule has 9 heteroatoms. The van der Waals surface area contributed by atoms with Gasteiger partial charge in [0.15, 0.2) is 0 Å². The summed E-state index contributed by atoms with van der Waals surface area (Å²) in [5.41, 5.74) is 0. The van der Waals surface area contributed by atoms with Crippen LogP contribution in [0.3, 0.4) is 0 Å². The normalized spacial score (nSPS) is 14.6. The van der Waals surface area contributed by atoms with E-state index < -0.39 is 20.0 Å². The van der Waals surface area contributed by atoms with Crippen LogP contribution in [0.2, 0.25) is 0 Å². The number of carbonyl (C=O) groups excluding carboxylic acids is 1. The predicted octanol–water partition coefficient (Wildman–Crippen LogP) is 12.8. The molecule has 0 radical (unpaired) electrons. The molecule has 0 bridgehead atoms. The lowest BCUT2D eigenvalue weighted by Gasteiger charge is -2.30. The Bertz CT molecular complexity index is 1030. The quantitative estimate of drug-likeness (QED) is 0.0274. The molecule has 0 aromatic carbocycles. The Labute approximate surface area is 353 Å². The molecule has 0 aliphatic heterocycles. The minimum Gasteiger partial charge on any atom is -0.756 e. The molecule has 3 unspecified atom stereocenters. The molecule has 0 aliphatic rings. The van der Waals surface area contributed by atoms with E-state index >= 15 is 0 Å². The van der Waals surface area contributed by atoms with E-state index in [-0.39, 0.29) is 19.1 Å². The molecule has 336 valence electrons. The number of amides is 1. The number of unbranched alkanes of at least 4 members (excludes halogenated alkanes) is 24. The second-order valence-electron chi connectivity index (χ2n) is 17.5. The molecule has 57 heavy (non-hydrogen) atoms. The number of quaternary nitrogens is 1. The van der Waals surface area contributed by atoms with Crippen molar-refractivity contribution in [2.45, 2.75) is 225 Å². The van der Waals surface area contributed by atoms with Crippen molar-refractivity contribution in [2.24, 2.45) is 0 Å². The number of nitrogens with zero attached hydrogens (tertiary/aromatic N) is 1. The van der Waals surface area contributed by atoms with Crippen LogP contribution < -0.4 is 10.2 Å². The zero-order chi connectivity index (χ0) is 42.1. The monoisotopic (exact) mass is 825 g/mol. The third-order valence-electron chi connectivity index (χ3n) is 10.6. The second-order valence-corrected chi connectivity index (χ2v) is 18.9. The van der Waals surface area contributed by atoms with Gasteiger partial charge in [0.25, 0.3) is 7.82 Å². The lowest BCUT2D eigenvalue weighted by atomic mass is 10.0. The Hall–Kier alpha value is -1.28. The molecular formula is C48H93N2O6P. The zero-order valence-corrected chi connectivity index (χ0v) is 38.9. The average molecular weight is 825 g/mol. The van der Waals surface area contributed by atoms with Gasteiger partial charge in [-0.1, -0.05) is 192 Å². The van der Waals surface area contributed by atoms with Crippen LogP contribution in [0.15, 0.2) is 36.5 Å². The Morgan fingerprint density at radius 2 is 1.02 bits per heavy atom. The van der Waals surface area contributed by atoms with Crippen molar-refractivity contribution in [3.63, 3.8) is 0 Å². The van der Waals surface area contributed by atoms with Crippen LogP contribution in [0.5, 0.6) is 0 Å². The number of rotatable bonds is 43. The van der Waals surface area contributed by atoms with E-state index in [0.717, 1.165) is 57.8 Å². The highest BCUT2D eigenvalue weighted by molar-refractivity contribution is 7.45. The van der Waals surface area contributed by atoms with E-state index in [2.05, 4.69) is 55.6 Å². The standard InChI is InChI=1S/C48H93N2O6P/c1-6-8-10-12-13-14-15-16-17-18-19-20-21-22-23-24-25-26-27-28-29-30-31-32-33-34-35-36-37-38-40-42-48(52)49-46(47(51)41-39-11-9-7-2)45-56-57(53,54)55-44-43-50(3,4)5/h15-16,18-19,21-22,46-47,51H,6-14,17,20,23-45H2,1-5H3,(H-,49,52,53,54)/b16-15-,19-18-,22-21-. The van der Waals surface area contributed by atoms with Gasteiger partial charge in [-0.2, -0.15) is 0 Å². The highest BCUT2D eigenvalue weighted by Crippen LogP contribution is 2.38. The van der Waals surface area contributed by atoms with Crippen LogP contribution in [-0.4, -0.2) is 68.5 Å². The molecule has 0 spiro atoms. The molecule has 1 amide bonds. The first-order valence-corrected chi connectivity index (χ1v) is 25.3. The lowest BCUT2D eigenvalue weighted by Crippen LogP contribution is -2.46. The summed E-state index contributed by atoms with van der Waals surface area (Å²) in [7, 11) is 1.30. The molecule has 3 atom stereocenters. The number of aliphatic hydroxyl groups is 1. The van der Waals surface area contributed by atoms with Gasteiger partial charge in [0.2, 0.25) is 5.91 Å². The minimum atomic E-state index is -4.54. The van der Waals surface area contributed by atoms with Crippen molar-refractivity contribution < 1.29 is 32.9 Å². The van der Waals surface area contributed by atoms with Gasteiger partial charge >= 0.3 is 0 Å². The maximum absolute atomic E-state index is 12.7. The van der Waals surface area contributed by atoms with Crippen LogP contribution in [0.4, 0.5) is 0 Å². The van der Waals surface area contributed by atoms with E-state index in [9.17, 15) is 19.4 Å². The predicted molar refractivity (Wildman–Crippen MR) is 242 cm³/mol. The molecular weight excluding hydrogens is 732 g/mol. The topological polar surface area (TPSA) is 108 Å². The van der Waals surface area contributed by atoms with Gasteiger partial charge in [-0.05, 0) is 51.4 Å². The molecule has 0 saturated heterocycles. The first-order valence-electron chi connectivity index (χ1n) is 23.8. The maximum atomic E-state index is 12.7. The van der Waals surface area contributed by atoms with E-state index in [4.69, 9.17) is 9.05 Å². The van der Waals surface area contributed by atoms with E-state index in [0.29, 0.717) is 23.9 Å². The molecule has 0 fully saturated rings. The van der Waals surface area contributed by atoms with Gasteiger partial charge in [-0.15, -0.1) is 0 Å². The number of likely N-dealkylation sites (N-methyl/N-ethyl adjacent to an activating group) is 1. The summed E-state index contributed by atoms with van der Waals surface area (Å²) in [6.07, 6.45) is 49.5. The van der Waals surface area contributed by atoms with Crippen LogP contribution in [0.1, 0.15) is 213 Å². The first-order chi connectivity index (χ1) is 27.5. The van der Waals surface area contributed by atoms with Gasteiger partial charge in [0.05, 0.1) is 39.9 Å². The largest absolute Gasteiger partial charge is 0.756 e. The number of hydrogen-bond acceptors (Lipinski definition) is 6. The van der Waals surface area contributed by atoms with Crippen molar-refractivity contribution in [1.82, 2.24) is 5.32 Å². The number of hydrogen-bond donors (Lipinski definition) is 2. The molecule has 0 rings (SSSR count). The molecule has 2 N–H and O–H groups in total. The summed E-state index contributed by atoms with van der Waals surface area (Å²) in [6, 6.07) is -0.795. The van der Waals surface area contributed by atoms with Gasteiger partial charge in [-0.3, -0.25) is 9.36 Å². The summed E-state index contributed by atoms with van der Waals surface area (Å²) >= 11 is 0. The third kappa shape index (κ3) is 42.6. The van der Waals surface area contributed by atoms with Gasteiger partial charge < -0.3 is 28.8 Å². The second kappa shape index (κ2) is 40.1. The Morgan fingerprint density at radius 3 is 1.47 bits per heavy atom. The molecule has 0 saturated carbocycles. The first kappa shape index (κ1) is 55.7. The minimum absolute atomic E-state index is 0.0112. The number of phosphoric ester groups is 1. The van der Waals surface area contributed by atoms with Gasteiger partial charge in [0, 0.05) is 6.42 Å². The van der Waals surface area contributed by atoms with Crippen molar-refractivity contribution in [1.29, 1.82) is 0 Å². The van der Waals surface area contributed by atoms with Crippen molar-refractivity contribution in [3.8, 4) is 0 Å². The summed E-state index contributed by atoms with van der Waals surface area (Å²) in [5.74, 6) is -0.174. The third-order valence-corrected chi connectivity index (χ3v) is 11.6. The molecule has 0 aliphatic carbocycles. The molecule has 0 aromatic rings. The van der Waals surface area contributed by atoms with Crippen LogP contribution in [0, 0.1) is 0 Å². The fraction of sp³-hybridized carbons (Fsp3) is 0.854. The fourth-order valence-electron chi connectivity index (χ4n) is 6.81. The Morgan fingerprint density at radius 1 is 0.614 bits per heavy atom. The SMILES string of the molecule is CCCCCCC/C=C\C/C=C\C/C=C\CCCCCCCCCCCCCCCCCCC(=O)NC(COP(=O)([O-])OCC[N+](C)(C)C)C(O)CCCCCC. The summed E-state index contributed by atoms with van der Waals surface area (Å²) in [4.78, 5) is 25.1. The van der Waals surface area contributed by atoms with Crippen LogP contribution >= 0.6 is 7.82 Å². The number of carbonyl (C=O) groups is 1. The number of nitrogens with one attached hydrogen (secondary N) is 1.